The molecular weight excluding hydrogens is 194 g/mol. The molecule has 2 aliphatic carbocycles. The average Bonchev–Trinajstić information content (AvgIpc) is 2.70. The molecule has 1 heterocycles. The van der Waals surface area contributed by atoms with E-state index in [0.717, 1.165) is 0 Å². The Morgan fingerprint density at radius 2 is 2.07 bits per heavy atom. The summed E-state index contributed by atoms with van der Waals surface area (Å²) < 4.78 is 0. The largest absolute Gasteiger partial charge is 0.292 e. The van der Waals surface area contributed by atoms with E-state index in [1.165, 1.54) is 37.0 Å². The molecule has 0 saturated heterocycles. The van der Waals surface area contributed by atoms with Crippen molar-refractivity contribution in [2.24, 2.45) is 17.8 Å². The van der Waals surface area contributed by atoms with Crippen LogP contribution in [0.4, 0.5) is 0 Å². The molecular formula is C11H13NOS. The van der Waals surface area contributed by atoms with Crippen LogP contribution in [0.25, 0.3) is 0 Å². The monoisotopic (exact) mass is 207 g/mol. The van der Waals surface area contributed by atoms with Crippen molar-refractivity contribution in [2.75, 3.05) is 0 Å². The molecule has 0 aromatic carbocycles. The molecule has 0 radical (unpaired) electrons. The van der Waals surface area contributed by atoms with E-state index in [0.29, 0.717) is 29.2 Å². The lowest BCUT2D eigenvalue weighted by Crippen LogP contribution is -2.04. The summed E-state index contributed by atoms with van der Waals surface area (Å²) in [4.78, 5) is 16.1. The molecule has 0 spiro atoms. The third-order valence-electron chi connectivity index (χ3n) is 3.64. The van der Waals surface area contributed by atoms with E-state index in [9.17, 15) is 4.79 Å². The van der Waals surface area contributed by atoms with E-state index >= 15 is 0 Å². The Kier molecular flexibility index (Phi) is 1.94. The maximum absolute atomic E-state index is 12.0. The summed E-state index contributed by atoms with van der Waals surface area (Å²) in [5.41, 5.74) is 2.45. The first-order valence-electron chi connectivity index (χ1n) is 5.30. The van der Waals surface area contributed by atoms with Crippen molar-refractivity contribution >= 4 is 17.1 Å². The van der Waals surface area contributed by atoms with Gasteiger partial charge in [-0.1, -0.05) is 12.8 Å². The van der Waals surface area contributed by atoms with Crippen molar-refractivity contribution in [3.05, 3.63) is 16.6 Å². The number of rotatable bonds is 2. The minimum absolute atomic E-state index is 0.308. The topological polar surface area (TPSA) is 30.0 Å². The molecule has 14 heavy (non-hydrogen) atoms. The van der Waals surface area contributed by atoms with Crippen LogP contribution in [0.5, 0.6) is 0 Å². The zero-order chi connectivity index (χ0) is 9.54. The summed E-state index contributed by atoms with van der Waals surface area (Å²) in [5, 5.41) is 1.88. The number of Topliss-reactive ketones (excluding diaryl/α,β-unsaturated/α-hetero) is 1. The fourth-order valence-electron chi connectivity index (χ4n) is 2.89. The third-order valence-corrected chi connectivity index (χ3v) is 4.23. The van der Waals surface area contributed by atoms with Crippen LogP contribution in [-0.2, 0) is 0 Å². The second-order valence-electron chi connectivity index (χ2n) is 4.38. The highest BCUT2D eigenvalue weighted by Gasteiger charge is 2.54. The van der Waals surface area contributed by atoms with Crippen LogP contribution < -0.4 is 0 Å². The molecule has 2 nitrogen and oxygen atoms in total. The Labute approximate surface area is 87.4 Å². The number of hydrogen-bond acceptors (Lipinski definition) is 3. The first-order valence-corrected chi connectivity index (χ1v) is 6.24. The molecule has 3 rings (SSSR count). The molecule has 0 N–H and O–H groups in total. The van der Waals surface area contributed by atoms with Crippen LogP contribution in [0.3, 0.4) is 0 Å². The number of ketones is 1. The van der Waals surface area contributed by atoms with E-state index < -0.39 is 0 Å². The predicted octanol–water partition coefficient (Wildman–Crippen LogP) is 2.76. The van der Waals surface area contributed by atoms with Crippen LogP contribution in [0.1, 0.15) is 36.2 Å². The van der Waals surface area contributed by atoms with Crippen molar-refractivity contribution in [3.63, 3.8) is 0 Å². The maximum atomic E-state index is 12.0. The van der Waals surface area contributed by atoms with Crippen LogP contribution in [0, 0.1) is 17.8 Å². The lowest BCUT2D eigenvalue weighted by atomic mass is 10.0. The molecule has 0 amide bonds. The molecule has 2 atom stereocenters. The highest BCUT2D eigenvalue weighted by Crippen LogP contribution is 2.56. The number of fused-ring (bicyclic) bond motifs is 1. The van der Waals surface area contributed by atoms with Gasteiger partial charge in [0, 0.05) is 11.3 Å². The van der Waals surface area contributed by atoms with Crippen molar-refractivity contribution < 1.29 is 4.79 Å². The SMILES string of the molecule is O=C(c1cscn1)C1C2CCCCC21. The Balaban J connectivity index is 1.76. The summed E-state index contributed by atoms with van der Waals surface area (Å²) in [6.07, 6.45) is 5.18. The molecule has 0 bridgehead atoms. The molecule has 2 saturated carbocycles. The van der Waals surface area contributed by atoms with Crippen LogP contribution in [0.15, 0.2) is 10.9 Å². The molecule has 2 fully saturated rings. The Morgan fingerprint density at radius 1 is 1.36 bits per heavy atom. The standard InChI is InChI=1S/C11H13NOS/c13-11(9-5-14-6-12-9)10-7-3-1-2-4-8(7)10/h5-8,10H,1-4H2. The first-order chi connectivity index (χ1) is 6.88. The Bertz CT molecular complexity index is 334. The number of carbonyl (C=O) groups excluding carboxylic acids is 1. The Hall–Kier alpha value is -0.700. The van der Waals surface area contributed by atoms with Gasteiger partial charge in [0.05, 0.1) is 5.51 Å². The molecule has 2 aliphatic rings. The van der Waals surface area contributed by atoms with E-state index in [2.05, 4.69) is 4.98 Å². The first kappa shape index (κ1) is 8.60. The van der Waals surface area contributed by atoms with Gasteiger partial charge in [-0.05, 0) is 24.7 Å². The van der Waals surface area contributed by atoms with Gasteiger partial charge in [-0.25, -0.2) is 4.98 Å². The number of aromatic nitrogens is 1. The van der Waals surface area contributed by atoms with Crippen molar-refractivity contribution in [1.82, 2.24) is 4.98 Å². The summed E-state index contributed by atoms with van der Waals surface area (Å²) in [6, 6.07) is 0. The molecule has 1 aromatic rings. The maximum Gasteiger partial charge on any atom is 0.185 e. The lowest BCUT2D eigenvalue weighted by molar-refractivity contribution is 0.0952. The summed E-state index contributed by atoms with van der Waals surface area (Å²) in [7, 11) is 0. The highest BCUT2D eigenvalue weighted by molar-refractivity contribution is 7.07. The smallest absolute Gasteiger partial charge is 0.185 e. The number of nitrogens with zero attached hydrogens (tertiary/aromatic N) is 1. The number of carbonyl (C=O) groups is 1. The van der Waals surface area contributed by atoms with Crippen LogP contribution in [-0.4, -0.2) is 10.8 Å². The van der Waals surface area contributed by atoms with Crippen molar-refractivity contribution in [3.8, 4) is 0 Å². The summed E-state index contributed by atoms with van der Waals surface area (Å²) >= 11 is 1.51. The van der Waals surface area contributed by atoms with E-state index in [1.54, 1.807) is 5.51 Å². The van der Waals surface area contributed by atoms with Gasteiger partial charge in [0.1, 0.15) is 5.69 Å². The summed E-state index contributed by atoms with van der Waals surface area (Å²) in [6.45, 7) is 0. The molecule has 2 unspecified atom stereocenters. The predicted molar refractivity (Wildman–Crippen MR) is 55.4 cm³/mol. The minimum atomic E-state index is 0.308. The second kappa shape index (κ2) is 3.16. The van der Waals surface area contributed by atoms with Gasteiger partial charge in [-0.3, -0.25) is 4.79 Å². The van der Waals surface area contributed by atoms with Gasteiger partial charge >= 0.3 is 0 Å². The Morgan fingerprint density at radius 3 is 2.64 bits per heavy atom. The lowest BCUT2D eigenvalue weighted by Gasteiger charge is -2.04. The van der Waals surface area contributed by atoms with Gasteiger partial charge in [0.15, 0.2) is 5.78 Å². The number of thiazole rings is 1. The van der Waals surface area contributed by atoms with Gasteiger partial charge < -0.3 is 0 Å². The molecule has 3 heteroatoms. The zero-order valence-electron chi connectivity index (χ0n) is 7.98. The average molecular weight is 207 g/mol. The zero-order valence-corrected chi connectivity index (χ0v) is 8.80. The quantitative estimate of drug-likeness (QED) is 0.698. The summed E-state index contributed by atoms with van der Waals surface area (Å²) in [5.74, 6) is 2.05. The van der Waals surface area contributed by atoms with Crippen molar-refractivity contribution in [2.45, 2.75) is 25.7 Å². The third kappa shape index (κ3) is 1.22. The van der Waals surface area contributed by atoms with Gasteiger partial charge in [-0.15, -0.1) is 11.3 Å². The molecule has 0 aliphatic heterocycles. The van der Waals surface area contributed by atoms with Crippen LogP contribution >= 0.6 is 11.3 Å². The van der Waals surface area contributed by atoms with E-state index in [4.69, 9.17) is 0 Å². The number of hydrogen-bond donors (Lipinski definition) is 0. The minimum Gasteiger partial charge on any atom is -0.292 e. The molecule has 1 aromatic heterocycles. The second-order valence-corrected chi connectivity index (χ2v) is 5.09. The highest BCUT2D eigenvalue weighted by atomic mass is 32.1. The van der Waals surface area contributed by atoms with E-state index in [1.807, 2.05) is 5.38 Å². The van der Waals surface area contributed by atoms with Crippen molar-refractivity contribution in [1.29, 1.82) is 0 Å². The van der Waals surface area contributed by atoms with Gasteiger partial charge in [0.2, 0.25) is 0 Å². The van der Waals surface area contributed by atoms with Gasteiger partial charge in [-0.2, -0.15) is 0 Å². The fraction of sp³-hybridized carbons (Fsp3) is 0.636. The molecule has 74 valence electrons. The normalized spacial score (nSPS) is 35.0. The van der Waals surface area contributed by atoms with E-state index in [-0.39, 0.29) is 0 Å². The van der Waals surface area contributed by atoms with Gasteiger partial charge in [0.25, 0.3) is 0 Å². The fourth-order valence-corrected chi connectivity index (χ4v) is 3.43. The van der Waals surface area contributed by atoms with Crippen LogP contribution in [0.2, 0.25) is 0 Å².